The number of halogens is 2. The number of benzene rings is 1. The molecule has 0 aliphatic carbocycles. The number of anilines is 1. The maximum absolute atomic E-state index is 10.7. The zero-order valence-electron chi connectivity index (χ0n) is 9.82. The minimum absolute atomic E-state index is 0.0862. The van der Waals surface area contributed by atoms with Crippen LogP contribution in [0.25, 0.3) is 0 Å². The smallest absolute Gasteiger partial charge is 0.272 e. The van der Waals surface area contributed by atoms with Gasteiger partial charge in [0.15, 0.2) is 0 Å². The third-order valence-corrected chi connectivity index (χ3v) is 3.47. The molecule has 0 radical (unpaired) electrons. The van der Waals surface area contributed by atoms with Gasteiger partial charge < -0.3 is 10.2 Å². The number of hydrogen-bond donors (Lipinski definition) is 1. The molecule has 0 bridgehead atoms. The van der Waals surface area contributed by atoms with Crippen LogP contribution in [0.5, 0.6) is 0 Å². The second-order valence-corrected chi connectivity index (χ2v) is 5.13. The van der Waals surface area contributed by atoms with Crippen molar-refractivity contribution in [2.75, 3.05) is 24.5 Å². The highest BCUT2D eigenvalue weighted by atomic mass is 35.5. The SMILES string of the molecule is CC1CN(c2c(Cl)cc([N+](=O)[O-])cc2Cl)CCN1. The monoisotopic (exact) mass is 289 g/mol. The lowest BCUT2D eigenvalue weighted by Crippen LogP contribution is -2.49. The van der Waals surface area contributed by atoms with E-state index < -0.39 is 4.92 Å². The quantitative estimate of drug-likeness (QED) is 0.672. The van der Waals surface area contributed by atoms with E-state index in [9.17, 15) is 10.1 Å². The Balaban J connectivity index is 2.36. The topological polar surface area (TPSA) is 58.4 Å². The first-order valence-corrected chi connectivity index (χ1v) is 6.36. The lowest BCUT2D eigenvalue weighted by Gasteiger charge is -2.34. The van der Waals surface area contributed by atoms with E-state index in [-0.39, 0.29) is 5.69 Å². The lowest BCUT2D eigenvalue weighted by atomic mass is 10.2. The number of rotatable bonds is 2. The van der Waals surface area contributed by atoms with Crippen molar-refractivity contribution in [2.24, 2.45) is 0 Å². The van der Waals surface area contributed by atoms with E-state index in [0.29, 0.717) is 21.8 Å². The van der Waals surface area contributed by atoms with Gasteiger partial charge in [-0.1, -0.05) is 23.2 Å². The van der Waals surface area contributed by atoms with Crippen LogP contribution >= 0.6 is 23.2 Å². The van der Waals surface area contributed by atoms with Gasteiger partial charge in [0.25, 0.3) is 5.69 Å². The molecule has 7 heteroatoms. The average Bonchev–Trinajstić information content (AvgIpc) is 2.27. The first-order chi connectivity index (χ1) is 8.49. The number of nitrogens with one attached hydrogen (secondary N) is 1. The fourth-order valence-electron chi connectivity index (χ4n) is 2.10. The Morgan fingerprint density at radius 3 is 2.56 bits per heavy atom. The largest absolute Gasteiger partial charge is 0.366 e. The molecule has 0 spiro atoms. The van der Waals surface area contributed by atoms with Crippen LogP contribution in [0.3, 0.4) is 0 Å². The Hall–Kier alpha value is -1.04. The van der Waals surface area contributed by atoms with Gasteiger partial charge in [-0.15, -0.1) is 0 Å². The molecule has 1 atom stereocenters. The summed E-state index contributed by atoms with van der Waals surface area (Å²) < 4.78 is 0. The summed E-state index contributed by atoms with van der Waals surface area (Å²) in [5.74, 6) is 0. The third kappa shape index (κ3) is 2.68. The molecule has 0 amide bonds. The van der Waals surface area contributed by atoms with Crippen molar-refractivity contribution < 1.29 is 4.92 Å². The second-order valence-electron chi connectivity index (χ2n) is 4.32. The van der Waals surface area contributed by atoms with E-state index in [1.807, 2.05) is 0 Å². The molecule has 1 aromatic carbocycles. The van der Waals surface area contributed by atoms with Gasteiger partial charge >= 0.3 is 0 Å². The van der Waals surface area contributed by atoms with E-state index >= 15 is 0 Å². The molecule has 0 saturated carbocycles. The molecule has 18 heavy (non-hydrogen) atoms. The number of nitrogens with zero attached hydrogens (tertiary/aromatic N) is 2. The average molecular weight is 290 g/mol. The highest BCUT2D eigenvalue weighted by Gasteiger charge is 2.22. The molecule has 1 fully saturated rings. The van der Waals surface area contributed by atoms with Crippen molar-refractivity contribution in [3.8, 4) is 0 Å². The van der Waals surface area contributed by atoms with Crippen molar-refractivity contribution >= 4 is 34.6 Å². The second kappa shape index (κ2) is 5.30. The van der Waals surface area contributed by atoms with Crippen molar-refractivity contribution in [3.05, 3.63) is 32.3 Å². The van der Waals surface area contributed by atoms with Crippen molar-refractivity contribution in [3.63, 3.8) is 0 Å². The van der Waals surface area contributed by atoms with Gasteiger partial charge in [0.2, 0.25) is 0 Å². The minimum Gasteiger partial charge on any atom is -0.366 e. The molecule has 1 aliphatic rings. The summed E-state index contributed by atoms with van der Waals surface area (Å²) >= 11 is 12.2. The third-order valence-electron chi connectivity index (χ3n) is 2.90. The molecular formula is C11H13Cl2N3O2. The van der Waals surface area contributed by atoms with Crippen LogP contribution < -0.4 is 10.2 Å². The van der Waals surface area contributed by atoms with Gasteiger partial charge in [0.1, 0.15) is 0 Å². The summed E-state index contributed by atoms with van der Waals surface area (Å²) in [7, 11) is 0. The molecule has 98 valence electrons. The molecule has 1 saturated heterocycles. The van der Waals surface area contributed by atoms with Crippen LogP contribution in [0.2, 0.25) is 10.0 Å². The summed E-state index contributed by atoms with van der Waals surface area (Å²) in [5, 5.41) is 14.7. The number of hydrogen-bond acceptors (Lipinski definition) is 4. The van der Waals surface area contributed by atoms with E-state index in [1.54, 1.807) is 0 Å². The standard InChI is InChI=1S/C11H13Cl2N3O2/c1-7-6-15(3-2-14-7)11-9(12)4-8(16(17)18)5-10(11)13/h4-5,7,14H,2-3,6H2,1H3. The summed E-state index contributed by atoms with van der Waals surface area (Å²) in [5.41, 5.74) is 0.592. The van der Waals surface area contributed by atoms with Crippen LogP contribution in [0, 0.1) is 10.1 Å². The molecule has 1 unspecified atom stereocenters. The summed E-state index contributed by atoms with van der Waals surface area (Å²) in [6, 6.07) is 3.02. The van der Waals surface area contributed by atoms with Gasteiger partial charge in [-0.05, 0) is 6.92 Å². The minimum atomic E-state index is -0.498. The van der Waals surface area contributed by atoms with E-state index in [1.165, 1.54) is 12.1 Å². The van der Waals surface area contributed by atoms with Crippen molar-refractivity contribution in [2.45, 2.75) is 13.0 Å². The zero-order valence-corrected chi connectivity index (χ0v) is 11.3. The van der Waals surface area contributed by atoms with Crippen LogP contribution in [0.1, 0.15) is 6.92 Å². The van der Waals surface area contributed by atoms with Crippen molar-refractivity contribution in [1.29, 1.82) is 0 Å². The fourth-order valence-corrected chi connectivity index (χ4v) is 2.81. The Labute approximate surface area is 115 Å². The molecule has 1 N–H and O–H groups in total. The highest BCUT2D eigenvalue weighted by Crippen LogP contribution is 2.37. The first-order valence-electron chi connectivity index (χ1n) is 5.61. The Kier molecular flexibility index (Phi) is 3.94. The van der Waals surface area contributed by atoms with Gasteiger partial charge in [-0.25, -0.2) is 0 Å². The molecule has 1 aromatic rings. The maximum Gasteiger partial charge on any atom is 0.272 e. The maximum atomic E-state index is 10.7. The summed E-state index contributed by atoms with van der Waals surface area (Å²) in [4.78, 5) is 12.3. The van der Waals surface area contributed by atoms with E-state index in [0.717, 1.165) is 19.6 Å². The van der Waals surface area contributed by atoms with Gasteiger partial charge in [0, 0.05) is 37.8 Å². The first kappa shape index (κ1) is 13.4. The molecule has 1 aliphatic heterocycles. The Morgan fingerprint density at radius 1 is 1.44 bits per heavy atom. The van der Waals surface area contributed by atoms with Crippen LogP contribution in [-0.4, -0.2) is 30.6 Å². The van der Waals surface area contributed by atoms with E-state index in [2.05, 4.69) is 17.1 Å². The fraction of sp³-hybridized carbons (Fsp3) is 0.455. The number of nitro groups is 1. The van der Waals surface area contributed by atoms with Gasteiger partial charge in [-0.2, -0.15) is 0 Å². The number of non-ortho nitro benzene ring substituents is 1. The van der Waals surface area contributed by atoms with Crippen LogP contribution in [0.4, 0.5) is 11.4 Å². The molecule has 0 aromatic heterocycles. The summed E-state index contributed by atoms with van der Waals surface area (Å²) in [6.07, 6.45) is 0. The number of nitro benzene ring substituents is 1. The Morgan fingerprint density at radius 2 is 2.06 bits per heavy atom. The lowest BCUT2D eigenvalue weighted by molar-refractivity contribution is -0.384. The number of piperazine rings is 1. The summed E-state index contributed by atoms with van der Waals surface area (Å²) in [6.45, 7) is 4.46. The molecule has 5 nitrogen and oxygen atoms in total. The predicted octanol–water partition coefficient (Wildman–Crippen LogP) is 2.70. The van der Waals surface area contributed by atoms with Crippen LogP contribution in [-0.2, 0) is 0 Å². The molecule has 2 rings (SSSR count). The van der Waals surface area contributed by atoms with E-state index in [4.69, 9.17) is 23.2 Å². The Bertz CT molecular complexity index is 458. The highest BCUT2D eigenvalue weighted by molar-refractivity contribution is 6.39. The molecular weight excluding hydrogens is 277 g/mol. The molecule has 1 heterocycles. The van der Waals surface area contributed by atoms with Crippen molar-refractivity contribution in [1.82, 2.24) is 5.32 Å². The van der Waals surface area contributed by atoms with Gasteiger partial charge in [0.05, 0.1) is 20.7 Å². The zero-order chi connectivity index (χ0) is 13.3. The predicted molar refractivity (Wildman–Crippen MR) is 72.8 cm³/mol. The van der Waals surface area contributed by atoms with Gasteiger partial charge in [-0.3, -0.25) is 10.1 Å². The normalized spacial score (nSPS) is 19.9. The van der Waals surface area contributed by atoms with Crippen LogP contribution in [0.15, 0.2) is 12.1 Å².